The molecule has 0 fully saturated rings. The molecular weight excluding hydrogens is 270 g/mol. The number of carbonyl (C=O) groups excluding carboxylic acids is 2. The highest BCUT2D eigenvalue weighted by Crippen LogP contribution is 2.14. The van der Waals surface area contributed by atoms with E-state index in [2.05, 4.69) is 0 Å². The van der Waals surface area contributed by atoms with E-state index >= 15 is 0 Å². The van der Waals surface area contributed by atoms with Crippen molar-refractivity contribution in [2.75, 3.05) is 12.4 Å². The van der Waals surface area contributed by atoms with Crippen LogP contribution in [0.5, 0.6) is 0 Å². The summed E-state index contributed by atoms with van der Waals surface area (Å²) in [5.41, 5.74) is -1.34. The summed E-state index contributed by atoms with van der Waals surface area (Å²) in [6.45, 7) is 10.6. The monoisotopic (exact) mass is 293 g/mol. The third-order valence-corrected chi connectivity index (χ3v) is 2.01. The maximum atomic E-state index is 12.0. The molecule has 6 heteroatoms. The number of imide groups is 1. The van der Waals surface area contributed by atoms with Crippen LogP contribution in [0.1, 0.15) is 48.0 Å². The number of ether oxygens (including phenoxy) is 2. The Labute approximate surface area is 120 Å². The predicted octanol–water partition coefficient (Wildman–Crippen LogP) is 3.79. The van der Waals surface area contributed by atoms with Gasteiger partial charge in [0.2, 0.25) is 0 Å². The van der Waals surface area contributed by atoms with Crippen molar-refractivity contribution in [3.05, 3.63) is 0 Å². The summed E-state index contributed by atoms with van der Waals surface area (Å²) in [5, 5.41) is 0. The minimum atomic E-state index is -0.716. The number of hydrogen-bond acceptors (Lipinski definition) is 4. The SMILES string of the molecule is CC(C)(C)OC(=O)N(CCCCl)C(=O)OC(C)(C)C. The van der Waals surface area contributed by atoms with Crippen LogP contribution >= 0.6 is 11.6 Å². The number of carbonyl (C=O) groups is 2. The molecule has 0 bridgehead atoms. The van der Waals surface area contributed by atoms with E-state index in [4.69, 9.17) is 21.1 Å². The second-order valence-electron chi connectivity index (χ2n) is 6.15. The zero-order valence-electron chi connectivity index (χ0n) is 12.6. The normalized spacial score (nSPS) is 11.9. The van der Waals surface area contributed by atoms with Crippen molar-refractivity contribution in [2.24, 2.45) is 0 Å². The lowest BCUT2D eigenvalue weighted by Crippen LogP contribution is -2.44. The van der Waals surface area contributed by atoms with Gasteiger partial charge in [-0.05, 0) is 48.0 Å². The van der Waals surface area contributed by atoms with E-state index in [0.29, 0.717) is 12.3 Å². The van der Waals surface area contributed by atoms with Crippen molar-refractivity contribution in [1.29, 1.82) is 0 Å². The Balaban J connectivity index is 4.80. The fourth-order valence-corrected chi connectivity index (χ4v) is 1.23. The molecule has 5 nitrogen and oxygen atoms in total. The molecule has 0 aromatic heterocycles. The molecule has 0 rings (SSSR count). The summed E-state index contributed by atoms with van der Waals surface area (Å²) in [6, 6.07) is 0. The Morgan fingerprint density at radius 1 is 0.947 bits per heavy atom. The number of amides is 2. The van der Waals surface area contributed by atoms with E-state index in [1.54, 1.807) is 41.5 Å². The first-order valence-corrected chi connectivity index (χ1v) is 6.79. The van der Waals surface area contributed by atoms with E-state index < -0.39 is 23.4 Å². The molecule has 112 valence electrons. The van der Waals surface area contributed by atoms with Gasteiger partial charge in [-0.25, -0.2) is 14.5 Å². The maximum absolute atomic E-state index is 12.0. The van der Waals surface area contributed by atoms with Crippen LogP contribution in [0.4, 0.5) is 9.59 Å². The molecular formula is C13H24ClNO4. The lowest BCUT2D eigenvalue weighted by Gasteiger charge is -2.28. The van der Waals surface area contributed by atoms with Crippen molar-refractivity contribution in [1.82, 2.24) is 4.90 Å². The molecule has 0 saturated carbocycles. The Kier molecular flexibility index (Phi) is 6.63. The van der Waals surface area contributed by atoms with Crippen molar-refractivity contribution in [2.45, 2.75) is 59.2 Å². The smallest absolute Gasteiger partial charge is 0.419 e. The maximum Gasteiger partial charge on any atom is 0.419 e. The van der Waals surface area contributed by atoms with Crippen LogP contribution in [0.15, 0.2) is 0 Å². The summed E-state index contributed by atoms with van der Waals surface area (Å²) in [7, 11) is 0. The zero-order valence-corrected chi connectivity index (χ0v) is 13.3. The highest BCUT2D eigenvalue weighted by atomic mass is 35.5. The number of alkyl halides is 1. The second-order valence-corrected chi connectivity index (χ2v) is 6.53. The Morgan fingerprint density at radius 3 is 1.58 bits per heavy atom. The van der Waals surface area contributed by atoms with Crippen molar-refractivity contribution in [3.63, 3.8) is 0 Å². The van der Waals surface area contributed by atoms with Gasteiger partial charge in [0.15, 0.2) is 0 Å². The first kappa shape index (κ1) is 18.0. The van der Waals surface area contributed by atoms with E-state index in [9.17, 15) is 9.59 Å². The Bertz CT molecular complexity index is 290. The lowest BCUT2D eigenvalue weighted by molar-refractivity contribution is 0.00155. The van der Waals surface area contributed by atoms with Gasteiger partial charge in [-0.2, -0.15) is 0 Å². The van der Waals surface area contributed by atoms with Crippen molar-refractivity contribution in [3.8, 4) is 0 Å². The molecule has 0 unspecified atom stereocenters. The number of rotatable bonds is 3. The van der Waals surface area contributed by atoms with Gasteiger partial charge in [0, 0.05) is 12.4 Å². The largest absolute Gasteiger partial charge is 0.443 e. The van der Waals surface area contributed by atoms with Crippen molar-refractivity contribution >= 4 is 23.8 Å². The summed E-state index contributed by atoms with van der Waals surface area (Å²) in [4.78, 5) is 24.8. The molecule has 19 heavy (non-hydrogen) atoms. The van der Waals surface area contributed by atoms with Crippen LogP contribution in [-0.2, 0) is 9.47 Å². The van der Waals surface area contributed by atoms with E-state index in [1.807, 2.05) is 0 Å². The van der Waals surface area contributed by atoms with E-state index in [1.165, 1.54) is 0 Å². The van der Waals surface area contributed by atoms with Gasteiger partial charge in [0.1, 0.15) is 11.2 Å². The Hall–Kier alpha value is -0.970. The van der Waals surface area contributed by atoms with Gasteiger partial charge >= 0.3 is 12.2 Å². The third kappa shape index (κ3) is 8.70. The standard InChI is InChI=1S/C13H24ClNO4/c1-12(2,3)18-10(16)15(9-7-8-14)11(17)19-13(4,5)6/h7-9H2,1-6H3. The molecule has 0 aliphatic carbocycles. The molecule has 0 N–H and O–H groups in total. The molecule has 2 amide bonds. The highest BCUT2D eigenvalue weighted by Gasteiger charge is 2.30. The topological polar surface area (TPSA) is 55.8 Å². The van der Waals surface area contributed by atoms with E-state index in [0.717, 1.165) is 4.90 Å². The van der Waals surface area contributed by atoms with Crippen LogP contribution in [0, 0.1) is 0 Å². The molecule has 0 aromatic carbocycles. The number of hydrogen-bond donors (Lipinski definition) is 0. The van der Waals surface area contributed by atoms with Crippen molar-refractivity contribution < 1.29 is 19.1 Å². The lowest BCUT2D eigenvalue weighted by atomic mass is 10.2. The van der Waals surface area contributed by atoms with Crippen LogP contribution in [0.25, 0.3) is 0 Å². The van der Waals surface area contributed by atoms with Gasteiger partial charge in [-0.1, -0.05) is 0 Å². The van der Waals surface area contributed by atoms with Gasteiger partial charge in [-0.3, -0.25) is 0 Å². The van der Waals surface area contributed by atoms with Crippen LogP contribution < -0.4 is 0 Å². The highest BCUT2D eigenvalue weighted by molar-refractivity contribution is 6.17. The molecule has 0 spiro atoms. The van der Waals surface area contributed by atoms with Gasteiger partial charge in [0.25, 0.3) is 0 Å². The molecule has 0 aliphatic rings. The van der Waals surface area contributed by atoms with E-state index in [-0.39, 0.29) is 6.54 Å². The average Bonchev–Trinajstić information content (AvgIpc) is 2.12. The molecule has 0 radical (unpaired) electrons. The molecule has 0 saturated heterocycles. The Morgan fingerprint density at radius 2 is 1.32 bits per heavy atom. The predicted molar refractivity (Wildman–Crippen MR) is 74.5 cm³/mol. The van der Waals surface area contributed by atoms with Crippen LogP contribution in [0.2, 0.25) is 0 Å². The number of halogens is 1. The van der Waals surface area contributed by atoms with Crippen LogP contribution in [0.3, 0.4) is 0 Å². The zero-order chi connectivity index (χ0) is 15.3. The van der Waals surface area contributed by atoms with Crippen LogP contribution in [-0.4, -0.2) is 40.7 Å². The number of nitrogens with zero attached hydrogens (tertiary/aromatic N) is 1. The summed E-state index contributed by atoms with van der Waals surface area (Å²) in [5.74, 6) is 0.349. The molecule has 0 aromatic rings. The van der Waals surface area contributed by atoms with Gasteiger partial charge < -0.3 is 9.47 Å². The fraction of sp³-hybridized carbons (Fsp3) is 0.846. The minimum absolute atomic E-state index is 0.174. The van der Waals surface area contributed by atoms with Gasteiger partial charge in [0.05, 0.1) is 0 Å². The molecule has 0 atom stereocenters. The van der Waals surface area contributed by atoms with Gasteiger partial charge in [-0.15, -0.1) is 11.6 Å². The third-order valence-electron chi connectivity index (χ3n) is 1.74. The summed E-state index contributed by atoms with van der Waals surface area (Å²) in [6.07, 6.45) is -0.946. The first-order chi connectivity index (χ1) is 8.46. The minimum Gasteiger partial charge on any atom is -0.443 e. The fourth-order valence-electron chi connectivity index (χ4n) is 1.11. The summed E-state index contributed by atoms with van der Waals surface area (Å²) >= 11 is 5.59. The molecule has 0 aliphatic heterocycles. The summed E-state index contributed by atoms with van der Waals surface area (Å²) < 4.78 is 10.4. The quantitative estimate of drug-likeness (QED) is 0.743. The average molecular weight is 294 g/mol. The second kappa shape index (κ2) is 6.98. The first-order valence-electron chi connectivity index (χ1n) is 6.26. The molecule has 0 heterocycles.